The maximum Gasteiger partial charge on any atom is 0.333 e. The molecule has 0 saturated heterocycles. The molecule has 1 heterocycles. The fraction of sp³-hybridized carbons (Fsp3) is 0.700. The minimum atomic E-state index is -0.447. The normalized spacial score (nSPS) is 17.6. The highest BCUT2D eigenvalue weighted by molar-refractivity contribution is 5.56. The second-order valence-electron chi connectivity index (χ2n) is 4.31. The molecule has 2 rings (SSSR count). The number of nitro groups is 1. The standard InChI is InChI=1S/C10H16N4O2/c1-7-9(14(15)16)10(11)13(12-7)8-5-3-2-4-6-8/h8H,2-6,11H2,1H3. The molecule has 0 atom stereocenters. The Bertz CT molecular complexity index is 407. The molecule has 88 valence electrons. The van der Waals surface area contributed by atoms with Crippen LogP contribution in [0.15, 0.2) is 0 Å². The van der Waals surface area contributed by atoms with E-state index in [1.807, 2.05) is 0 Å². The van der Waals surface area contributed by atoms with Crippen LogP contribution in [0.4, 0.5) is 11.5 Å². The number of hydrogen-bond acceptors (Lipinski definition) is 4. The third-order valence-corrected chi connectivity index (χ3v) is 3.19. The van der Waals surface area contributed by atoms with Gasteiger partial charge in [0.05, 0.1) is 11.0 Å². The first-order chi connectivity index (χ1) is 7.61. The van der Waals surface area contributed by atoms with Crippen molar-refractivity contribution in [1.82, 2.24) is 9.78 Å². The van der Waals surface area contributed by atoms with Gasteiger partial charge in [0.1, 0.15) is 5.69 Å². The van der Waals surface area contributed by atoms with Crippen molar-refractivity contribution in [3.8, 4) is 0 Å². The van der Waals surface area contributed by atoms with Crippen LogP contribution in [0.3, 0.4) is 0 Å². The highest BCUT2D eigenvalue weighted by Crippen LogP contribution is 2.34. The lowest BCUT2D eigenvalue weighted by Gasteiger charge is -2.22. The van der Waals surface area contributed by atoms with Gasteiger partial charge in [0, 0.05) is 0 Å². The zero-order valence-electron chi connectivity index (χ0n) is 9.35. The molecule has 0 aliphatic heterocycles. The lowest BCUT2D eigenvalue weighted by Crippen LogP contribution is -2.16. The first-order valence-corrected chi connectivity index (χ1v) is 5.60. The van der Waals surface area contributed by atoms with Crippen LogP contribution >= 0.6 is 0 Å². The van der Waals surface area contributed by atoms with E-state index >= 15 is 0 Å². The minimum Gasteiger partial charge on any atom is -0.378 e. The molecule has 6 heteroatoms. The molecule has 0 radical (unpaired) electrons. The lowest BCUT2D eigenvalue weighted by atomic mass is 9.96. The van der Waals surface area contributed by atoms with Crippen molar-refractivity contribution in [2.75, 3.05) is 5.73 Å². The van der Waals surface area contributed by atoms with Gasteiger partial charge in [0.15, 0.2) is 0 Å². The summed E-state index contributed by atoms with van der Waals surface area (Å²) < 4.78 is 1.65. The maximum absolute atomic E-state index is 10.8. The zero-order chi connectivity index (χ0) is 11.7. The monoisotopic (exact) mass is 224 g/mol. The highest BCUT2D eigenvalue weighted by atomic mass is 16.6. The number of rotatable bonds is 2. The van der Waals surface area contributed by atoms with Gasteiger partial charge in [0.25, 0.3) is 0 Å². The van der Waals surface area contributed by atoms with E-state index in [2.05, 4.69) is 5.10 Å². The molecule has 1 aliphatic carbocycles. The van der Waals surface area contributed by atoms with Crippen LogP contribution in [-0.2, 0) is 0 Å². The Labute approximate surface area is 93.6 Å². The van der Waals surface area contributed by atoms with Crippen LogP contribution in [0.2, 0.25) is 0 Å². The van der Waals surface area contributed by atoms with Gasteiger partial charge < -0.3 is 5.73 Å². The van der Waals surface area contributed by atoms with Crippen LogP contribution in [-0.4, -0.2) is 14.7 Å². The van der Waals surface area contributed by atoms with E-state index in [1.54, 1.807) is 11.6 Å². The van der Waals surface area contributed by atoms with E-state index in [4.69, 9.17) is 5.73 Å². The summed E-state index contributed by atoms with van der Waals surface area (Å²) in [7, 11) is 0. The summed E-state index contributed by atoms with van der Waals surface area (Å²) in [5.41, 5.74) is 6.17. The van der Waals surface area contributed by atoms with Gasteiger partial charge in [-0.1, -0.05) is 19.3 Å². The van der Waals surface area contributed by atoms with E-state index in [-0.39, 0.29) is 17.5 Å². The molecule has 0 unspecified atom stereocenters. The Morgan fingerprint density at radius 2 is 2.06 bits per heavy atom. The Morgan fingerprint density at radius 3 is 2.56 bits per heavy atom. The number of hydrogen-bond donors (Lipinski definition) is 1. The first kappa shape index (κ1) is 10.9. The second-order valence-corrected chi connectivity index (χ2v) is 4.31. The number of nitrogens with zero attached hydrogens (tertiary/aromatic N) is 3. The van der Waals surface area contributed by atoms with Crippen molar-refractivity contribution in [3.63, 3.8) is 0 Å². The van der Waals surface area contributed by atoms with E-state index < -0.39 is 4.92 Å². The predicted octanol–water partition coefficient (Wildman–Crippen LogP) is 2.19. The van der Waals surface area contributed by atoms with E-state index in [0.717, 1.165) is 25.7 Å². The number of aromatic nitrogens is 2. The fourth-order valence-electron chi connectivity index (χ4n) is 2.39. The Morgan fingerprint density at radius 1 is 1.44 bits per heavy atom. The molecule has 0 amide bonds. The van der Waals surface area contributed by atoms with Crippen LogP contribution in [0.5, 0.6) is 0 Å². The van der Waals surface area contributed by atoms with E-state index in [0.29, 0.717) is 5.69 Å². The predicted molar refractivity (Wildman–Crippen MR) is 60.2 cm³/mol. The Balaban J connectivity index is 2.34. The molecule has 6 nitrogen and oxygen atoms in total. The summed E-state index contributed by atoms with van der Waals surface area (Å²) in [5, 5.41) is 15.0. The molecule has 1 aliphatic rings. The smallest absolute Gasteiger partial charge is 0.333 e. The van der Waals surface area contributed by atoms with Crippen molar-refractivity contribution in [1.29, 1.82) is 0 Å². The number of anilines is 1. The number of nitrogen functional groups attached to an aromatic ring is 1. The summed E-state index contributed by atoms with van der Waals surface area (Å²) in [6.07, 6.45) is 5.57. The van der Waals surface area contributed by atoms with Gasteiger partial charge in [-0.05, 0) is 19.8 Å². The van der Waals surface area contributed by atoms with Crippen LogP contribution in [0.25, 0.3) is 0 Å². The van der Waals surface area contributed by atoms with Crippen molar-refractivity contribution < 1.29 is 4.92 Å². The summed E-state index contributed by atoms with van der Waals surface area (Å²) in [6, 6.07) is 0.237. The van der Waals surface area contributed by atoms with Gasteiger partial charge in [-0.3, -0.25) is 10.1 Å². The van der Waals surface area contributed by atoms with Crippen molar-refractivity contribution in [2.24, 2.45) is 0 Å². The largest absolute Gasteiger partial charge is 0.378 e. The molecule has 1 saturated carbocycles. The molecule has 0 spiro atoms. The van der Waals surface area contributed by atoms with Gasteiger partial charge in [-0.2, -0.15) is 5.10 Å². The van der Waals surface area contributed by atoms with E-state index in [9.17, 15) is 10.1 Å². The zero-order valence-corrected chi connectivity index (χ0v) is 9.35. The van der Waals surface area contributed by atoms with Gasteiger partial charge in [-0.25, -0.2) is 4.68 Å². The van der Waals surface area contributed by atoms with Crippen molar-refractivity contribution in [2.45, 2.75) is 45.1 Å². The molecular formula is C10H16N4O2. The quantitative estimate of drug-likeness (QED) is 0.616. The summed E-state index contributed by atoms with van der Waals surface area (Å²) in [4.78, 5) is 10.4. The van der Waals surface area contributed by atoms with Crippen molar-refractivity contribution in [3.05, 3.63) is 15.8 Å². The molecule has 0 aromatic carbocycles. The van der Waals surface area contributed by atoms with Gasteiger partial charge in [0.2, 0.25) is 5.82 Å². The molecule has 1 aromatic heterocycles. The summed E-state index contributed by atoms with van der Waals surface area (Å²) >= 11 is 0. The SMILES string of the molecule is Cc1nn(C2CCCCC2)c(N)c1[N+](=O)[O-]. The topological polar surface area (TPSA) is 87.0 Å². The third kappa shape index (κ3) is 1.75. The molecule has 2 N–H and O–H groups in total. The Hall–Kier alpha value is -1.59. The van der Waals surface area contributed by atoms with Crippen molar-refractivity contribution >= 4 is 11.5 Å². The van der Waals surface area contributed by atoms with Gasteiger partial charge >= 0.3 is 5.69 Å². The molecule has 1 fully saturated rings. The minimum absolute atomic E-state index is 0.0365. The first-order valence-electron chi connectivity index (χ1n) is 5.60. The van der Waals surface area contributed by atoms with Crippen LogP contribution in [0, 0.1) is 17.0 Å². The third-order valence-electron chi connectivity index (χ3n) is 3.19. The lowest BCUT2D eigenvalue weighted by molar-refractivity contribution is -0.384. The highest BCUT2D eigenvalue weighted by Gasteiger charge is 2.27. The number of aryl methyl sites for hydroxylation is 1. The molecule has 1 aromatic rings. The molecular weight excluding hydrogens is 208 g/mol. The molecule has 0 bridgehead atoms. The molecule has 16 heavy (non-hydrogen) atoms. The number of nitrogens with two attached hydrogens (primary N) is 1. The average Bonchev–Trinajstić information content (AvgIpc) is 2.55. The fourth-order valence-corrected chi connectivity index (χ4v) is 2.39. The maximum atomic E-state index is 10.8. The van der Waals surface area contributed by atoms with Crippen LogP contribution < -0.4 is 5.73 Å². The Kier molecular flexibility index (Phi) is 2.80. The average molecular weight is 224 g/mol. The summed E-state index contributed by atoms with van der Waals surface area (Å²) in [5.74, 6) is 0.203. The van der Waals surface area contributed by atoms with Crippen LogP contribution in [0.1, 0.15) is 43.8 Å². The van der Waals surface area contributed by atoms with E-state index in [1.165, 1.54) is 6.42 Å². The van der Waals surface area contributed by atoms with Gasteiger partial charge in [-0.15, -0.1) is 0 Å². The second kappa shape index (κ2) is 4.11. The summed E-state index contributed by atoms with van der Waals surface area (Å²) in [6.45, 7) is 1.63.